The Bertz CT molecular complexity index is 1120. The van der Waals surface area contributed by atoms with E-state index in [2.05, 4.69) is 10.0 Å². The van der Waals surface area contributed by atoms with E-state index < -0.39 is 15.9 Å². The van der Waals surface area contributed by atoms with Gasteiger partial charge in [-0.1, -0.05) is 41.4 Å². The Hall–Kier alpha value is -2.74. The van der Waals surface area contributed by atoms with Crippen LogP contribution < -0.4 is 14.8 Å². The second kappa shape index (κ2) is 9.17. The molecule has 0 saturated heterocycles. The van der Waals surface area contributed by atoms with Crippen LogP contribution in [0.15, 0.2) is 77.7 Å². The van der Waals surface area contributed by atoms with E-state index in [9.17, 15) is 13.2 Å². The molecule has 0 bridgehead atoms. The summed E-state index contributed by atoms with van der Waals surface area (Å²) in [5, 5.41) is 3.44. The number of ether oxygens (including phenoxy) is 1. The number of hydrogen-bond donors (Lipinski definition) is 2. The van der Waals surface area contributed by atoms with Gasteiger partial charge in [0, 0.05) is 10.7 Å². The Labute approximate surface area is 178 Å². The van der Waals surface area contributed by atoms with E-state index in [0.717, 1.165) is 0 Å². The second-order valence-corrected chi connectivity index (χ2v) is 8.43. The second-order valence-electron chi connectivity index (χ2n) is 5.90. The van der Waals surface area contributed by atoms with Crippen LogP contribution in [0.5, 0.6) is 5.75 Å². The summed E-state index contributed by atoms with van der Waals surface area (Å²) in [6.45, 7) is -0.240. The number of carbonyl (C=O) groups is 1. The first kappa shape index (κ1) is 21.0. The number of para-hydroxylation sites is 1. The van der Waals surface area contributed by atoms with Crippen LogP contribution in [0.1, 0.15) is 0 Å². The summed E-state index contributed by atoms with van der Waals surface area (Å²) in [6, 6.07) is 18.9. The molecule has 0 aromatic heterocycles. The average Bonchev–Trinajstić information content (AvgIpc) is 2.69. The zero-order valence-electron chi connectivity index (χ0n) is 14.9. The largest absolute Gasteiger partial charge is 0.484 e. The summed E-state index contributed by atoms with van der Waals surface area (Å²) in [4.78, 5) is 12.1. The zero-order chi connectivity index (χ0) is 20.9. The predicted molar refractivity (Wildman–Crippen MR) is 114 cm³/mol. The quantitative estimate of drug-likeness (QED) is 0.540. The lowest BCUT2D eigenvalue weighted by atomic mass is 10.3. The van der Waals surface area contributed by atoms with Crippen LogP contribution in [0.3, 0.4) is 0 Å². The van der Waals surface area contributed by atoms with Gasteiger partial charge in [-0.25, -0.2) is 8.42 Å². The van der Waals surface area contributed by atoms with Crippen molar-refractivity contribution in [3.63, 3.8) is 0 Å². The number of amides is 1. The summed E-state index contributed by atoms with van der Waals surface area (Å²) in [5.74, 6) is 0.0541. The Morgan fingerprint density at radius 1 is 0.931 bits per heavy atom. The molecule has 2 N–H and O–H groups in total. The van der Waals surface area contributed by atoms with E-state index in [1.807, 2.05) is 0 Å². The number of carbonyl (C=O) groups excluding carboxylic acids is 1. The molecule has 0 atom stereocenters. The molecule has 3 aromatic rings. The van der Waals surface area contributed by atoms with E-state index in [1.165, 1.54) is 18.2 Å². The van der Waals surface area contributed by atoms with Gasteiger partial charge in [-0.3, -0.25) is 9.52 Å². The third-order valence-corrected chi connectivity index (χ3v) is 5.67. The standard InChI is InChI=1S/C20H16Cl2N2O4S/c21-14-8-10-16(11-9-14)28-13-20(25)23-15-4-3-5-17(12-15)29(26,27)24-19-7-2-1-6-18(19)22/h1-12,24H,13H2,(H,23,25). The molecule has 29 heavy (non-hydrogen) atoms. The fourth-order valence-electron chi connectivity index (χ4n) is 2.37. The third-order valence-electron chi connectivity index (χ3n) is 3.73. The van der Waals surface area contributed by atoms with Crippen molar-refractivity contribution in [2.45, 2.75) is 4.90 Å². The molecule has 0 fully saturated rings. The van der Waals surface area contributed by atoms with Crippen molar-refractivity contribution in [1.82, 2.24) is 0 Å². The predicted octanol–water partition coefficient (Wildman–Crippen LogP) is 4.81. The van der Waals surface area contributed by atoms with Crippen molar-refractivity contribution in [2.24, 2.45) is 0 Å². The third kappa shape index (κ3) is 5.87. The normalized spacial score (nSPS) is 11.0. The molecule has 0 aliphatic heterocycles. The maximum atomic E-state index is 12.6. The van der Waals surface area contributed by atoms with Crippen molar-refractivity contribution >= 4 is 50.5 Å². The highest BCUT2D eigenvalue weighted by molar-refractivity contribution is 7.92. The van der Waals surface area contributed by atoms with Crippen LogP contribution in [-0.4, -0.2) is 20.9 Å². The highest BCUT2D eigenvalue weighted by Crippen LogP contribution is 2.25. The summed E-state index contributed by atoms with van der Waals surface area (Å²) in [5.41, 5.74) is 0.580. The molecule has 0 aliphatic carbocycles. The Morgan fingerprint density at radius 2 is 1.66 bits per heavy atom. The van der Waals surface area contributed by atoms with Gasteiger partial charge in [0.25, 0.3) is 15.9 Å². The minimum Gasteiger partial charge on any atom is -0.484 e. The molecular formula is C20H16Cl2N2O4S. The van der Waals surface area contributed by atoms with Crippen molar-refractivity contribution < 1.29 is 17.9 Å². The van der Waals surface area contributed by atoms with Crippen LogP contribution in [0, 0.1) is 0 Å². The Kier molecular flexibility index (Phi) is 6.64. The molecule has 150 valence electrons. The Balaban J connectivity index is 1.66. The smallest absolute Gasteiger partial charge is 0.262 e. The molecule has 0 spiro atoms. The van der Waals surface area contributed by atoms with Gasteiger partial charge in [-0.15, -0.1) is 0 Å². The van der Waals surface area contributed by atoms with E-state index in [4.69, 9.17) is 27.9 Å². The molecule has 3 aromatic carbocycles. The monoisotopic (exact) mass is 450 g/mol. The number of rotatable bonds is 7. The van der Waals surface area contributed by atoms with Gasteiger partial charge in [0.2, 0.25) is 0 Å². The van der Waals surface area contributed by atoms with Crippen LogP contribution in [-0.2, 0) is 14.8 Å². The number of halogens is 2. The highest BCUT2D eigenvalue weighted by atomic mass is 35.5. The lowest BCUT2D eigenvalue weighted by Crippen LogP contribution is -2.20. The molecular weight excluding hydrogens is 435 g/mol. The van der Waals surface area contributed by atoms with Crippen LogP contribution in [0.4, 0.5) is 11.4 Å². The molecule has 9 heteroatoms. The van der Waals surface area contributed by atoms with Gasteiger partial charge < -0.3 is 10.1 Å². The fraction of sp³-hybridized carbons (Fsp3) is 0.0500. The summed E-state index contributed by atoms with van der Waals surface area (Å²) in [7, 11) is -3.88. The van der Waals surface area contributed by atoms with Gasteiger partial charge in [0.1, 0.15) is 5.75 Å². The molecule has 0 unspecified atom stereocenters. The van der Waals surface area contributed by atoms with Crippen LogP contribution >= 0.6 is 23.2 Å². The maximum Gasteiger partial charge on any atom is 0.262 e. The molecule has 0 heterocycles. The fourth-order valence-corrected chi connectivity index (χ4v) is 3.86. The van der Waals surface area contributed by atoms with Crippen LogP contribution in [0.25, 0.3) is 0 Å². The van der Waals surface area contributed by atoms with E-state index in [1.54, 1.807) is 54.6 Å². The van der Waals surface area contributed by atoms with E-state index >= 15 is 0 Å². The zero-order valence-corrected chi connectivity index (χ0v) is 17.3. The molecule has 3 rings (SSSR count). The van der Waals surface area contributed by atoms with Crippen LogP contribution in [0.2, 0.25) is 10.0 Å². The average molecular weight is 451 g/mol. The topological polar surface area (TPSA) is 84.5 Å². The molecule has 0 saturated carbocycles. The number of sulfonamides is 1. The van der Waals surface area contributed by atoms with Gasteiger partial charge >= 0.3 is 0 Å². The molecule has 6 nitrogen and oxygen atoms in total. The van der Waals surface area contributed by atoms with Crippen molar-refractivity contribution in [1.29, 1.82) is 0 Å². The minimum atomic E-state index is -3.88. The summed E-state index contributed by atoms with van der Waals surface area (Å²) < 4.78 is 33.0. The lowest BCUT2D eigenvalue weighted by Gasteiger charge is -2.11. The minimum absolute atomic E-state index is 0.0196. The number of anilines is 2. The summed E-state index contributed by atoms with van der Waals surface area (Å²) in [6.07, 6.45) is 0. The van der Waals surface area contributed by atoms with Gasteiger partial charge in [-0.2, -0.15) is 0 Å². The lowest BCUT2D eigenvalue weighted by molar-refractivity contribution is -0.118. The highest BCUT2D eigenvalue weighted by Gasteiger charge is 2.16. The number of nitrogens with one attached hydrogen (secondary N) is 2. The van der Waals surface area contributed by atoms with Crippen molar-refractivity contribution in [3.8, 4) is 5.75 Å². The maximum absolute atomic E-state index is 12.6. The van der Waals surface area contributed by atoms with Gasteiger partial charge in [-0.05, 0) is 54.6 Å². The number of hydrogen-bond acceptors (Lipinski definition) is 4. The SMILES string of the molecule is O=C(COc1ccc(Cl)cc1)Nc1cccc(S(=O)(=O)Nc2ccccc2Cl)c1. The van der Waals surface area contributed by atoms with Gasteiger partial charge in [0.15, 0.2) is 6.61 Å². The first-order chi connectivity index (χ1) is 13.8. The van der Waals surface area contributed by atoms with E-state index in [-0.39, 0.29) is 22.2 Å². The van der Waals surface area contributed by atoms with Crippen molar-refractivity contribution in [3.05, 3.63) is 82.8 Å². The first-order valence-corrected chi connectivity index (χ1v) is 10.6. The summed E-state index contributed by atoms with van der Waals surface area (Å²) >= 11 is 11.8. The first-order valence-electron chi connectivity index (χ1n) is 8.39. The Morgan fingerprint density at radius 3 is 2.38 bits per heavy atom. The molecule has 1 amide bonds. The molecule has 0 aliphatic rings. The molecule has 0 radical (unpaired) electrons. The number of benzene rings is 3. The van der Waals surface area contributed by atoms with Crippen molar-refractivity contribution in [2.75, 3.05) is 16.6 Å². The van der Waals surface area contributed by atoms with Gasteiger partial charge in [0.05, 0.1) is 15.6 Å². The van der Waals surface area contributed by atoms with E-state index in [0.29, 0.717) is 16.5 Å².